The SMILES string of the molecule is C[C@H](C#CCC1CN(C(=O)OC(C)(C)C)C(=O)CC1=O)N[S@+]([O-])C(C)(C)C. The first-order chi connectivity index (χ1) is 12.2. The maximum atomic E-state index is 12.2. The van der Waals surface area contributed by atoms with E-state index >= 15 is 0 Å². The lowest BCUT2D eigenvalue weighted by molar-refractivity contribution is -0.141. The number of Topliss-reactive ketones (excluding diaryl/α,β-unsaturated/α-hetero) is 1. The summed E-state index contributed by atoms with van der Waals surface area (Å²) < 4.78 is 19.8. The Bertz CT molecular complexity index is 639. The van der Waals surface area contributed by atoms with E-state index in [9.17, 15) is 18.9 Å². The Morgan fingerprint density at radius 3 is 2.44 bits per heavy atom. The summed E-state index contributed by atoms with van der Waals surface area (Å²) in [5.41, 5.74) is -0.724. The zero-order valence-electron chi connectivity index (χ0n) is 17.2. The molecule has 8 heteroatoms. The second kappa shape index (κ2) is 9.09. The van der Waals surface area contributed by atoms with Gasteiger partial charge >= 0.3 is 6.09 Å². The van der Waals surface area contributed by atoms with Crippen molar-refractivity contribution in [2.45, 2.75) is 77.7 Å². The van der Waals surface area contributed by atoms with E-state index in [-0.39, 0.29) is 31.2 Å². The molecule has 0 radical (unpaired) electrons. The van der Waals surface area contributed by atoms with Gasteiger partial charge in [0.15, 0.2) is 0 Å². The van der Waals surface area contributed by atoms with Crippen molar-refractivity contribution >= 4 is 29.1 Å². The molecule has 0 aliphatic carbocycles. The smallest absolute Gasteiger partial charge is 0.417 e. The highest BCUT2D eigenvalue weighted by atomic mass is 32.2. The van der Waals surface area contributed by atoms with Crippen LogP contribution in [0.25, 0.3) is 0 Å². The summed E-state index contributed by atoms with van der Waals surface area (Å²) in [7, 11) is 0. The van der Waals surface area contributed by atoms with Crippen LogP contribution in [0, 0.1) is 17.8 Å². The van der Waals surface area contributed by atoms with Crippen LogP contribution in [0.5, 0.6) is 0 Å². The van der Waals surface area contributed by atoms with E-state index in [1.165, 1.54) is 0 Å². The number of likely N-dealkylation sites (tertiary alicyclic amines) is 1. The number of hydrogen-bond acceptors (Lipinski definition) is 6. The van der Waals surface area contributed by atoms with E-state index in [0.29, 0.717) is 0 Å². The molecule has 2 amide bonds. The number of amides is 2. The molecular weight excluding hydrogens is 368 g/mol. The summed E-state index contributed by atoms with van der Waals surface area (Å²) in [5.74, 6) is 4.51. The van der Waals surface area contributed by atoms with Gasteiger partial charge in [0.05, 0.1) is 6.42 Å². The molecule has 1 fully saturated rings. The van der Waals surface area contributed by atoms with Gasteiger partial charge in [-0.05, 0) is 48.5 Å². The van der Waals surface area contributed by atoms with E-state index < -0.39 is 39.6 Å². The first-order valence-corrected chi connectivity index (χ1v) is 10.1. The number of carbonyl (C=O) groups excluding carboxylic acids is 3. The maximum Gasteiger partial charge on any atom is 0.417 e. The predicted molar refractivity (Wildman–Crippen MR) is 104 cm³/mol. The van der Waals surface area contributed by atoms with Crippen LogP contribution in [0.2, 0.25) is 0 Å². The molecule has 0 bridgehead atoms. The minimum absolute atomic E-state index is 0.0308. The molecule has 3 atom stereocenters. The molecule has 1 rings (SSSR count). The number of imide groups is 1. The first kappa shape index (κ1) is 23.5. The van der Waals surface area contributed by atoms with Gasteiger partial charge in [-0.25, -0.2) is 9.69 Å². The molecule has 7 nitrogen and oxygen atoms in total. The highest BCUT2D eigenvalue weighted by molar-refractivity contribution is 7.90. The van der Waals surface area contributed by atoms with Crippen LogP contribution in [0.1, 0.15) is 61.3 Å². The zero-order chi connectivity index (χ0) is 21.0. The van der Waals surface area contributed by atoms with Gasteiger partial charge in [0.2, 0.25) is 5.91 Å². The van der Waals surface area contributed by atoms with Crippen LogP contribution in [0.3, 0.4) is 0 Å². The van der Waals surface area contributed by atoms with Gasteiger partial charge in [-0.3, -0.25) is 9.59 Å². The summed E-state index contributed by atoms with van der Waals surface area (Å²) in [6.45, 7) is 12.5. The third-order valence-corrected chi connectivity index (χ3v) is 5.29. The lowest BCUT2D eigenvalue weighted by Crippen LogP contribution is -2.49. The van der Waals surface area contributed by atoms with E-state index in [0.717, 1.165) is 4.90 Å². The summed E-state index contributed by atoms with van der Waals surface area (Å²) in [5, 5.41) is 0. The molecule has 0 saturated carbocycles. The molecule has 1 N–H and O–H groups in total. The van der Waals surface area contributed by atoms with Crippen LogP contribution in [-0.4, -0.2) is 50.2 Å². The third-order valence-electron chi connectivity index (χ3n) is 3.61. The van der Waals surface area contributed by atoms with E-state index in [1.807, 2.05) is 20.8 Å². The van der Waals surface area contributed by atoms with E-state index in [2.05, 4.69) is 16.6 Å². The van der Waals surface area contributed by atoms with Crippen molar-refractivity contribution in [3.63, 3.8) is 0 Å². The average molecular weight is 399 g/mol. The van der Waals surface area contributed by atoms with Crippen molar-refractivity contribution in [1.82, 2.24) is 9.62 Å². The normalized spacial score (nSPS) is 20.6. The van der Waals surface area contributed by atoms with Crippen LogP contribution in [-0.2, 0) is 25.7 Å². The van der Waals surface area contributed by atoms with Gasteiger partial charge < -0.3 is 9.29 Å². The molecule has 1 heterocycles. The van der Waals surface area contributed by atoms with Gasteiger partial charge in [-0.2, -0.15) is 0 Å². The molecule has 1 saturated heterocycles. The topological polar surface area (TPSA) is 98.8 Å². The Morgan fingerprint density at radius 1 is 1.33 bits per heavy atom. The summed E-state index contributed by atoms with van der Waals surface area (Å²) >= 11 is -1.24. The van der Waals surface area contributed by atoms with Crippen molar-refractivity contribution in [2.75, 3.05) is 6.54 Å². The van der Waals surface area contributed by atoms with Crippen molar-refractivity contribution in [3.8, 4) is 11.8 Å². The Kier molecular flexibility index (Phi) is 7.90. The van der Waals surface area contributed by atoms with Crippen LogP contribution < -0.4 is 4.72 Å². The van der Waals surface area contributed by atoms with Gasteiger partial charge in [0.25, 0.3) is 0 Å². The fraction of sp³-hybridized carbons (Fsp3) is 0.737. The molecule has 152 valence electrons. The highest BCUT2D eigenvalue weighted by Crippen LogP contribution is 2.20. The second-order valence-corrected chi connectivity index (χ2v) is 10.6. The highest BCUT2D eigenvalue weighted by Gasteiger charge is 2.37. The lowest BCUT2D eigenvalue weighted by atomic mass is 9.93. The van der Waals surface area contributed by atoms with Crippen molar-refractivity contribution in [2.24, 2.45) is 5.92 Å². The van der Waals surface area contributed by atoms with Crippen molar-refractivity contribution < 1.29 is 23.7 Å². The maximum absolute atomic E-state index is 12.2. The second-order valence-electron chi connectivity index (χ2n) is 8.57. The quantitative estimate of drug-likeness (QED) is 0.444. The number of ether oxygens (including phenoxy) is 1. The Morgan fingerprint density at radius 2 is 1.93 bits per heavy atom. The summed E-state index contributed by atoms with van der Waals surface area (Å²) in [6.07, 6.45) is -0.846. The molecule has 1 unspecified atom stereocenters. The van der Waals surface area contributed by atoms with E-state index in [4.69, 9.17) is 4.74 Å². The number of nitrogens with zero attached hydrogens (tertiary/aromatic N) is 1. The Labute approximate surface area is 164 Å². The number of carbonyl (C=O) groups is 3. The molecule has 0 aromatic rings. The minimum atomic E-state index is -1.24. The van der Waals surface area contributed by atoms with Gasteiger partial charge in [-0.15, -0.1) is 10.6 Å². The van der Waals surface area contributed by atoms with Gasteiger partial charge in [0, 0.05) is 30.2 Å². The fourth-order valence-electron chi connectivity index (χ4n) is 2.19. The largest absolute Gasteiger partial charge is 0.598 e. The molecule has 0 spiro atoms. The number of rotatable bonds is 3. The van der Waals surface area contributed by atoms with Crippen molar-refractivity contribution in [3.05, 3.63) is 0 Å². The minimum Gasteiger partial charge on any atom is -0.598 e. The number of nitrogens with one attached hydrogen (secondary N) is 1. The Hall–Kier alpha value is -1.56. The Balaban J connectivity index is 2.68. The third kappa shape index (κ3) is 7.91. The van der Waals surface area contributed by atoms with Crippen LogP contribution in [0.15, 0.2) is 0 Å². The number of piperidine rings is 1. The number of hydrogen-bond donors (Lipinski definition) is 1. The molecule has 1 aliphatic heterocycles. The van der Waals surface area contributed by atoms with E-state index in [1.54, 1.807) is 27.7 Å². The standard InChI is InChI=1S/C19H30N2O5S/c1-13(20-27(25)19(5,6)7)9-8-10-14-12-21(16(23)11-15(14)22)17(24)26-18(2,3)4/h13-14,20H,10-12H2,1-7H3/t13-,14?,27-/m1/s1. The zero-order valence-corrected chi connectivity index (χ0v) is 18.0. The number of ketones is 1. The van der Waals surface area contributed by atoms with Gasteiger partial charge in [0.1, 0.15) is 22.2 Å². The lowest BCUT2D eigenvalue weighted by Gasteiger charge is -2.31. The van der Waals surface area contributed by atoms with Crippen LogP contribution in [0.4, 0.5) is 4.79 Å². The molecule has 0 aromatic carbocycles. The monoisotopic (exact) mass is 398 g/mol. The summed E-state index contributed by atoms with van der Waals surface area (Å²) in [6, 6.07) is -0.313. The molecule has 1 aliphatic rings. The molecule has 27 heavy (non-hydrogen) atoms. The first-order valence-electron chi connectivity index (χ1n) is 8.93. The molecular formula is C19H30N2O5S. The van der Waals surface area contributed by atoms with Gasteiger partial charge in [-0.1, -0.05) is 5.92 Å². The fourth-order valence-corrected chi connectivity index (χ4v) is 2.92. The average Bonchev–Trinajstić information content (AvgIpc) is 2.46. The van der Waals surface area contributed by atoms with Crippen LogP contribution >= 0.6 is 0 Å². The predicted octanol–water partition coefficient (Wildman–Crippen LogP) is 2.17. The molecule has 0 aromatic heterocycles. The van der Waals surface area contributed by atoms with Crippen molar-refractivity contribution in [1.29, 1.82) is 0 Å². The summed E-state index contributed by atoms with van der Waals surface area (Å²) in [4.78, 5) is 37.3.